The third-order valence-corrected chi connectivity index (χ3v) is 1.98. The van der Waals surface area contributed by atoms with E-state index in [2.05, 4.69) is 22.2 Å². The second-order valence-electron chi connectivity index (χ2n) is 3.49. The summed E-state index contributed by atoms with van der Waals surface area (Å²) < 4.78 is 0. The van der Waals surface area contributed by atoms with Crippen molar-refractivity contribution < 1.29 is 4.79 Å². The molecule has 0 aliphatic carbocycles. The van der Waals surface area contributed by atoms with Gasteiger partial charge in [-0.3, -0.25) is 9.78 Å². The molecule has 1 rings (SSSR count). The number of rotatable bonds is 4. The number of carbonyl (C=O) groups excluding carboxylic acids is 1. The van der Waals surface area contributed by atoms with Gasteiger partial charge in [0.15, 0.2) is 0 Å². The molecule has 0 saturated heterocycles. The normalized spacial score (nSPS) is 12.1. The van der Waals surface area contributed by atoms with Gasteiger partial charge in [0, 0.05) is 6.04 Å². The van der Waals surface area contributed by atoms with Crippen molar-refractivity contribution >= 4 is 11.7 Å². The molecule has 1 atom stereocenters. The number of anilines is 1. The Morgan fingerprint density at radius 2 is 2.33 bits per heavy atom. The SMILES string of the molecule is CCCC(C)NC(=O)c1cncc(N)n1. The number of nitrogen functional groups attached to an aromatic ring is 1. The molecule has 0 aliphatic rings. The lowest BCUT2D eigenvalue weighted by Gasteiger charge is -2.11. The average Bonchev–Trinajstić information content (AvgIpc) is 2.18. The van der Waals surface area contributed by atoms with E-state index in [1.165, 1.54) is 12.4 Å². The topological polar surface area (TPSA) is 80.9 Å². The number of hydrogen-bond acceptors (Lipinski definition) is 4. The number of nitrogens with zero attached hydrogens (tertiary/aromatic N) is 2. The number of amides is 1. The van der Waals surface area contributed by atoms with Crippen LogP contribution in [0.1, 0.15) is 37.2 Å². The monoisotopic (exact) mass is 208 g/mol. The average molecular weight is 208 g/mol. The van der Waals surface area contributed by atoms with Gasteiger partial charge >= 0.3 is 0 Å². The minimum Gasteiger partial charge on any atom is -0.382 e. The summed E-state index contributed by atoms with van der Waals surface area (Å²) in [6.45, 7) is 4.03. The zero-order valence-corrected chi connectivity index (χ0v) is 9.03. The number of hydrogen-bond donors (Lipinski definition) is 2. The Labute approximate surface area is 89.1 Å². The van der Waals surface area contributed by atoms with Crippen molar-refractivity contribution in [1.29, 1.82) is 0 Å². The van der Waals surface area contributed by atoms with Crippen LogP contribution >= 0.6 is 0 Å². The van der Waals surface area contributed by atoms with E-state index < -0.39 is 0 Å². The minimum absolute atomic E-state index is 0.144. The van der Waals surface area contributed by atoms with Gasteiger partial charge in [-0.15, -0.1) is 0 Å². The summed E-state index contributed by atoms with van der Waals surface area (Å²) in [5.41, 5.74) is 5.69. The van der Waals surface area contributed by atoms with Gasteiger partial charge in [0.25, 0.3) is 5.91 Å². The lowest BCUT2D eigenvalue weighted by molar-refractivity contribution is 0.0933. The summed E-state index contributed by atoms with van der Waals surface area (Å²) in [5, 5.41) is 2.83. The van der Waals surface area contributed by atoms with Crippen LogP contribution in [0, 0.1) is 0 Å². The lowest BCUT2D eigenvalue weighted by Crippen LogP contribution is -2.33. The van der Waals surface area contributed by atoms with Crippen LogP contribution in [0.3, 0.4) is 0 Å². The second-order valence-corrected chi connectivity index (χ2v) is 3.49. The van der Waals surface area contributed by atoms with Crippen molar-refractivity contribution in [3.05, 3.63) is 18.1 Å². The first-order chi connectivity index (χ1) is 7.13. The third kappa shape index (κ3) is 3.53. The van der Waals surface area contributed by atoms with Crippen molar-refractivity contribution in [2.75, 3.05) is 5.73 Å². The fourth-order valence-electron chi connectivity index (χ4n) is 1.29. The molecule has 0 saturated carbocycles. The predicted molar refractivity (Wildman–Crippen MR) is 58.3 cm³/mol. The number of nitrogens with one attached hydrogen (secondary N) is 1. The number of carbonyl (C=O) groups is 1. The zero-order valence-electron chi connectivity index (χ0n) is 9.03. The van der Waals surface area contributed by atoms with Crippen LogP contribution in [0.25, 0.3) is 0 Å². The molecular formula is C10H16N4O. The first kappa shape index (κ1) is 11.4. The van der Waals surface area contributed by atoms with Gasteiger partial charge in [-0.1, -0.05) is 13.3 Å². The first-order valence-corrected chi connectivity index (χ1v) is 5.02. The minimum atomic E-state index is -0.226. The fraction of sp³-hybridized carbons (Fsp3) is 0.500. The van der Waals surface area contributed by atoms with Gasteiger partial charge in [-0.05, 0) is 13.3 Å². The van der Waals surface area contributed by atoms with Crippen LogP contribution in [-0.4, -0.2) is 21.9 Å². The molecule has 1 unspecified atom stereocenters. The molecular weight excluding hydrogens is 192 g/mol. The van der Waals surface area contributed by atoms with Gasteiger partial charge in [-0.25, -0.2) is 4.98 Å². The molecule has 1 amide bonds. The smallest absolute Gasteiger partial charge is 0.271 e. The Bertz CT molecular complexity index is 340. The molecule has 5 heteroatoms. The summed E-state index contributed by atoms with van der Waals surface area (Å²) >= 11 is 0. The highest BCUT2D eigenvalue weighted by Crippen LogP contribution is 2.00. The maximum absolute atomic E-state index is 11.6. The lowest BCUT2D eigenvalue weighted by atomic mass is 10.2. The Morgan fingerprint density at radius 1 is 1.60 bits per heavy atom. The molecule has 3 N–H and O–H groups in total. The molecule has 1 aromatic heterocycles. The van der Waals surface area contributed by atoms with E-state index in [0.29, 0.717) is 0 Å². The van der Waals surface area contributed by atoms with Crippen LogP contribution in [0.2, 0.25) is 0 Å². The van der Waals surface area contributed by atoms with Gasteiger partial charge < -0.3 is 11.1 Å². The molecule has 1 heterocycles. The van der Waals surface area contributed by atoms with Crippen molar-refractivity contribution in [2.24, 2.45) is 0 Å². The van der Waals surface area contributed by atoms with Crippen LogP contribution in [0.4, 0.5) is 5.82 Å². The highest BCUT2D eigenvalue weighted by molar-refractivity contribution is 5.92. The summed E-state index contributed by atoms with van der Waals surface area (Å²) in [5.74, 6) is 0.0292. The summed E-state index contributed by atoms with van der Waals surface area (Å²) in [6.07, 6.45) is 4.79. The molecule has 82 valence electrons. The van der Waals surface area contributed by atoms with Crippen LogP contribution in [-0.2, 0) is 0 Å². The molecule has 0 spiro atoms. The second kappa shape index (κ2) is 5.29. The highest BCUT2D eigenvalue weighted by atomic mass is 16.1. The largest absolute Gasteiger partial charge is 0.382 e. The maximum atomic E-state index is 11.6. The maximum Gasteiger partial charge on any atom is 0.271 e. The van der Waals surface area contributed by atoms with Gasteiger partial charge in [0.1, 0.15) is 11.5 Å². The molecule has 0 aromatic carbocycles. The Morgan fingerprint density at radius 3 is 2.93 bits per heavy atom. The van der Waals surface area contributed by atoms with Crippen LogP contribution < -0.4 is 11.1 Å². The number of nitrogens with two attached hydrogens (primary N) is 1. The standard InChI is InChI=1S/C10H16N4O/c1-3-4-7(2)13-10(15)8-5-12-6-9(11)14-8/h5-7H,3-4H2,1-2H3,(H2,11,14)(H,13,15). The number of aromatic nitrogens is 2. The first-order valence-electron chi connectivity index (χ1n) is 5.02. The fourth-order valence-corrected chi connectivity index (χ4v) is 1.29. The Hall–Kier alpha value is -1.65. The molecule has 0 radical (unpaired) electrons. The summed E-state index contributed by atoms with van der Waals surface area (Å²) in [4.78, 5) is 19.3. The van der Waals surface area contributed by atoms with E-state index >= 15 is 0 Å². The van der Waals surface area contributed by atoms with Crippen LogP contribution in [0.5, 0.6) is 0 Å². The van der Waals surface area contributed by atoms with Crippen molar-refractivity contribution in [1.82, 2.24) is 15.3 Å². The predicted octanol–water partition coefficient (Wildman–Crippen LogP) is 0.977. The Kier molecular flexibility index (Phi) is 4.03. The molecule has 0 fully saturated rings. The van der Waals surface area contributed by atoms with Gasteiger partial charge in [0.2, 0.25) is 0 Å². The quantitative estimate of drug-likeness (QED) is 0.772. The van der Waals surface area contributed by atoms with Crippen LogP contribution in [0.15, 0.2) is 12.4 Å². The van der Waals surface area contributed by atoms with E-state index in [9.17, 15) is 4.79 Å². The molecule has 1 aromatic rings. The van der Waals surface area contributed by atoms with E-state index in [4.69, 9.17) is 5.73 Å². The van der Waals surface area contributed by atoms with Crippen molar-refractivity contribution in [3.8, 4) is 0 Å². The molecule has 5 nitrogen and oxygen atoms in total. The Balaban J connectivity index is 2.61. The molecule has 0 aliphatic heterocycles. The third-order valence-electron chi connectivity index (χ3n) is 1.98. The van der Waals surface area contributed by atoms with Crippen molar-refractivity contribution in [3.63, 3.8) is 0 Å². The van der Waals surface area contributed by atoms with E-state index in [1.54, 1.807) is 0 Å². The highest BCUT2D eigenvalue weighted by Gasteiger charge is 2.10. The van der Waals surface area contributed by atoms with Gasteiger partial charge in [-0.2, -0.15) is 0 Å². The summed E-state index contributed by atoms with van der Waals surface area (Å²) in [7, 11) is 0. The van der Waals surface area contributed by atoms with E-state index in [1.807, 2.05) is 6.92 Å². The van der Waals surface area contributed by atoms with Crippen molar-refractivity contribution in [2.45, 2.75) is 32.7 Å². The van der Waals surface area contributed by atoms with E-state index in [-0.39, 0.29) is 23.5 Å². The molecule has 15 heavy (non-hydrogen) atoms. The van der Waals surface area contributed by atoms with Gasteiger partial charge in [0.05, 0.1) is 12.4 Å². The molecule has 0 bridgehead atoms. The zero-order chi connectivity index (χ0) is 11.3. The van der Waals surface area contributed by atoms with E-state index in [0.717, 1.165) is 12.8 Å². The summed E-state index contributed by atoms with van der Waals surface area (Å²) in [6, 6.07) is 0.144.